The number of sulfonamides is 1. The summed E-state index contributed by atoms with van der Waals surface area (Å²) >= 11 is 0. The molecule has 1 fully saturated rings. The number of amidine groups is 1. The van der Waals surface area contributed by atoms with Gasteiger partial charge in [0.25, 0.3) is 10.0 Å². The molecule has 1 saturated heterocycles. The highest BCUT2D eigenvalue weighted by Crippen LogP contribution is 2.21. The van der Waals surface area contributed by atoms with Crippen LogP contribution >= 0.6 is 12.4 Å². The summed E-state index contributed by atoms with van der Waals surface area (Å²) < 4.78 is 26.2. The van der Waals surface area contributed by atoms with E-state index in [1.54, 1.807) is 18.2 Å². The molecule has 23 heavy (non-hydrogen) atoms. The minimum atomic E-state index is -3.55. The summed E-state index contributed by atoms with van der Waals surface area (Å²) in [5.41, 5.74) is 0.507. The van der Waals surface area contributed by atoms with Crippen LogP contribution in [0.15, 0.2) is 34.2 Å². The van der Waals surface area contributed by atoms with Crippen molar-refractivity contribution in [3.8, 4) is 0 Å². The fraction of sp³-hybridized carbons (Fsp3) is 0.429. The first-order valence-corrected chi connectivity index (χ1v) is 8.71. The number of nitrogens with one attached hydrogen (secondary N) is 3. The lowest BCUT2D eigenvalue weighted by atomic mass is 10.2. The van der Waals surface area contributed by atoms with Gasteiger partial charge in [-0.1, -0.05) is 12.1 Å². The molecule has 2 heterocycles. The molecule has 9 heteroatoms. The van der Waals surface area contributed by atoms with Crippen LogP contribution in [0.4, 0.5) is 0 Å². The summed E-state index contributed by atoms with van der Waals surface area (Å²) in [6.07, 6.45) is 2.18. The molecule has 0 radical (unpaired) electrons. The Kier molecular flexibility index (Phi) is 5.61. The van der Waals surface area contributed by atoms with Crippen molar-refractivity contribution >= 4 is 34.2 Å². The van der Waals surface area contributed by atoms with Gasteiger partial charge < -0.3 is 10.6 Å². The Labute approximate surface area is 141 Å². The summed E-state index contributed by atoms with van der Waals surface area (Å²) in [5, 5.41) is 6.10. The van der Waals surface area contributed by atoms with Gasteiger partial charge in [0.2, 0.25) is 5.91 Å². The number of rotatable bonds is 4. The van der Waals surface area contributed by atoms with E-state index >= 15 is 0 Å². The minimum absolute atomic E-state index is 0. The predicted molar refractivity (Wildman–Crippen MR) is 89.4 cm³/mol. The Morgan fingerprint density at radius 3 is 2.87 bits per heavy atom. The maximum Gasteiger partial charge on any atom is 0.263 e. The molecule has 0 spiro atoms. The normalized spacial score (nSPS) is 23.0. The summed E-state index contributed by atoms with van der Waals surface area (Å²) in [7, 11) is -3.55. The lowest BCUT2D eigenvalue weighted by molar-refractivity contribution is -0.119. The van der Waals surface area contributed by atoms with E-state index in [2.05, 4.69) is 20.3 Å². The number of amides is 1. The minimum Gasteiger partial charge on any atom is -0.353 e. The van der Waals surface area contributed by atoms with Crippen LogP contribution in [-0.2, 0) is 14.8 Å². The Morgan fingerprint density at radius 2 is 2.13 bits per heavy atom. The fourth-order valence-corrected chi connectivity index (χ4v) is 3.88. The van der Waals surface area contributed by atoms with Crippen LogP contribution < -0.4 is 15.4 Å². The second kappa shape index (κ2) is 7.29. The Bertz CT molecular complexity index is 714. The molecule has 1 amide bonds. The molecular formula is C14H19ClN4O3S. The van der Waals surface area contributed by atoms with E-state index in [1.807, 2.05) is 0 Å². The molecule has 0 bridgehead atoms. The van der Waals surface area contributed by atoms with Crippen LogP contribution in [0.2, 0.25) is 0 Å². The van der Waals surface area contributed by atoms with Gasteiger partial charge in [0, 0.05) is 18.2 Å². The number of nitrogens with zero attached hydrogens (tertiary/aromatic N) is 1. The van der Waals surface area contributed by atoms with Gasteiger partial charge in [-0.3, -0.25) is 14.5 Å². The third-order valence-corrected chi connectivity index (χ3v) is 5.15. The van der Waals surface area contributed by atoms with Crippen molar-refractivity contribution in [2.45, 2.75) is 23.8 Å². The number of carbonyl (C=O) groups excluding carboxylic acids is 1. The Morgan fingerprint density at radius 1 is 1.35 bits per heavy atom. The van der Waals surface area contributed by atoms with Gasteiger partial charge in [-0.15, -0.1) is 12.4 Å². The number of hydrogen-bond donors (Lipinski definition) is 3. The molecule has 2 aliphatic rings. The summed E-state index contributed by atoms with van der Waals surface area (Å²) in [6, 6.07) is 6.91. The molecule has 2 aliphatic heterocycles. The molecule has 1 atom stereocenters. The molecular weight excluding hydrogens is 340 g/mol. The average Bonchev–Trinajstić information content (AvgIpc) is 3.10. The smallest absolute Gasteiger partial charge is 0.263 e. The van der Waals surface area contributed by atoms with Gasteiger partial charge in [-0.05, 0) is 31.5 Å². The zero-order valence-corrected chi connectivity index (χ0v) is 14.0. The van der Waals surface area contributed by atoms with E-state index in [0.717, 1.165) is 19.4 Å². The van der Waals surface area contributed by atoms with E-state index in [9.17, 15) is 13.2 Å². The highest BCUT2D eigenvalue weighted by molar-refractivity contribution is 7.90. The van der Waals surface area contributed by atoms with Crippen molar-refractivity contribution in [3.05, 3.63) is 29.8 Å². The number of benzene rings is 1. The van der Waals surface area contributed by atoms with Gasteiger partial charge in [0.1, 0.15) is 12.4 Å². The summed E-state index contributed by atoms with van der Waals surface area (Å²) in [6.45, 7) is 1.46. The van der Waals surface area contributed by atoms with Gasteiger partial charge in [0.15, 0.2) is 0 Å². The van der Waals surface area contributed by atoms with Gasteiger partial charge in [-0.2, -0.15) is 0 Å². The van der Waals surface area contributed by atoms with Gasteiger partial charge in [-0.25, -0.2) is 8.42 Å². The van der Waals surface area contributed by atoms with Crippen molar-refractivity contribution in [1.82, 2.24) is 15.4 Å². The largest absolute Gasteiger partial charge is 0.353 e. The number of aliphatic imine (C=N–C) groups is 1. The third-order valence-electron chi connectivity index (χ3n) is 3.75. The van der Waals surface area contributed by atoms with Gasteiger partial charge >= 0.3 is 0 Å². The number of hydrogen-bond acceptors (Lipinski definition) is 5. The molecule has 1 unspecified atom stereocenters. The summed E-state index contributed by atoms with van der Waals surface area (Å²) in [5.74, 6) is 0.00882. The van der Waals surface area contributed by atoms with Crippen LogP contribution in [-0.4, -0.2) is 45.8 Å². The second-order valence-electron chi connectivity index (χ2n) is 5.36. The van der Waals surface area contributed by atoms with Crippen molar-refractivity contribution in [2.24, 2.45) is 4.99 Å². The highest BCUT2D eigenvalue weighted by Gasteiger charge is 2.30. The van der Waals surface area contributed by atoms with E-state index in [-0.39, 0.29) is 35.6 Å². The number of carbonyl (C=O) groups is 1. The molecule has 3 rings (SSSR count). The maximum atomic E-state index is 11.9. The van der Waals surface area contributed by atoms with E-state index in [4.69, 9.17) is 0 Å². The molecule has 1 aromatic rings. The zero-order chi connectivity index (χ0) is 15.6. The molecule has 0 aromatic heterocycles. The zero-order valence-electron chi connectivity index (χ0n) is 12.4. The van der Waals surface area contributed by atoms with E-state index in [1.165, 1.54) is 6.07 Å². The molecule has 0 saturated carbocycles. The lowest BCUT2D eigenvalue weighted by Gasteiger charge is -2.10. The third kappa shape index (κ3) is 4.01. The van der Waals surface area contributed by atoms with Crippen molar-refractivity contribution in [2.75, 3.05) is 19.6 Å². The predicted octanol–water partition coefficient (Wildman–Crippen LogP) is 0.0151. The molecule has 3 N–H and O–H groups in total. The SMILES string of the molecule is Cl.O=C(CN=C1NS(=O)(=O)c2ccccc21)NCC1CCCN1. The standard InChI is InChI=1S/C14H18N4O3S.ClH/c19-13(16-8-10-4-3-7-15-10)9-17-14-11-5-1-2-6-12(11)22(20,21)18-14;/h1-2,5-6,10,15H,3-4,7-9H2,(H,16,19)(H,17,18);1H. The van der Waals surface area contributed by atoms with Crippen LogP contribution in [0.25, 0.3) is 0 Å². The first-order valence-electron chi connectivity index (χ1n) is 7.23. The topological polar surface area (TPSA) is 99.7 Å². The first kappa shape index (κ1) is 17.7. The Hall–Kier alpha value is -1.64. The van der Waals surface area contributed by atoms with Crippen molar-refractivity contribution in [3.63, 3.8) is 0 Å². The van der Waals surface area contributed by atoms with Crippen LogP contribution in [0.5, 0.6) is 0 Å². The number of halogens is 1. The Balaban J connectivity index is 0.00000192. The number of fused-ring (bicyclic) bond motifs is 1. The van der Waals surface area contributed by atoms with E-state index < -0.39 is 10.0 Å². The van der Waals surface area contributed by atoms with Crippen LogP contribution in [0, 0.1) is 0 Å². The maximum absolute atomic E-state index is 11.9. The average molecular weight is 359 g/mol. The molecule has 126 valence electrons. The van der Waals surface area contributed by atoms with Crippen molar-refractivity contribution < 1.29 is 13.2 Å². The van der Waals surface area contributed by atoms with Crippen molar-refractivity contribution in [1.29, 1.82) is 0 Å². The molecule has 0 aliphatic carbocycles. The lowest BCUT2D eigenvalue weighted by Crippen LogP contribution is -2.38. The summed E-state index contributed by atoms with van der Waals surface area (Å²) in [4.78, 5) is 16.1. The van der Waals surface area contributed by atoms with Crippen LogP contribution in [0.3, 0.4) is 0 Å². The molecule has 7 nitrogen and oxygen atoms in total. The van der Waals surface area contributed by atoms with E-state index in [0.29, 0.717) is 18.2 Å². The quantitative estimate of drug-likeness (QED) is 0.706. The van der Waals surface area contributed by atoms with Crippen LogP contribution in [0.1, 0.15) is 18.4 Å². The second-order valence-corrected chi connectivity index (χ2v) is 7.01. The highest BCUT2D eigenvalue weighted by atomic mass is 35.5. The monoisotopic (exact) mass is 358 g/mol. The molecule has 1 aromatic carbocycles. The fourth-order valence-electron chi connectivity index (χ4n) is 2.63. The van der Waals surface area contributed by atoms with Gasteiger partial charge in [0.05, 0.1) is 4.90 Å². The first-order chi connectivity index (χ1) is 10.6.